The molecule has 4 aromatic rings. The number of rotatable bonds is 5. The Bertz CT molecular complexity index is 1400. The first kappa shape index (κ1) is 20.8. The second-order valence-corrected chi connectivity index (χ2v) is 7.85. The lowest BCUT2D eigenvalue weighted by Gasteiger charge is -2.14. The predicted octanol–water partition coefficient (Wildman–Crippen LogP) is 3.09. The van der Waals surface area contributed by atoms with Crippen molar-refractivity contribution in [2.75, 3.05) is 20.2 Å². The fourth-order valence-corrected chi connectivity index (χ4v) is 4.06. The standard InChI is InChI=1S/C24H21N3O6/c1-31-21-10-19-16(9-17(21)23(25)29)20(4-6-26-19)33-14-2-3-15-18(12-32-22(15)8-14)24(30)27-7-5-13(28)11-27/h2-4,6,8-10,12-13,28H,5,7,11H2,1H3,(H2,25,29). The third-order valence-electron chi connectivity index (χ3n) is 5.74. The summed E-state index contributed by atoms with van der Waals surface area (Å²) in [6, 6.07) is 10.1. The molecule has 0 saturated carbocycles. The molecule has 3 heterocycles. The van der Waals surface area contributed by atoms with E-state index < -0.39 is 12.0 Å². The summed E-state index contributed by atoms with van der Waals surface area (Å²) in [6.07, 6.45) is 3.10. The largest absolute Gasteiger partial charge is 0.496 e. The quantitative estimate of drug-likeness (QED) is 0.481. The Morgan fingerprint density at radius 1 is 1.15 bits per heavy atom. The monoisotopic (exact) mass is 447 g/mol. The molecule has 1 fully saturated rings. The molecule has 0 radical (unpaired) electrons. The summed E-state index contributed by atoms with van der Waals surface area (Å²) in [5, 5.41) is 11.0. The highest BCUT2D eigenvalue weighted by Gasteiger charge is 2.27. The van der Waals surface area contributed by atoms with Crippen LogP contribution in [0.4, 0.5) is 0 Å². The first-order valence-electron chi connectivity index (χ1n) is 10.4. The molecule has 168 valence electrons. The summed E-state index contributed by atoms with van der Waals surface area (Å²) in [6.45, 7) is 0.834. The molecule has 2 aromatic carbocycles. The lowest BCUT2D eigenvalue weighted by molar-refractivity contribution is 0.0765. The van der Waals surface area contributed by atoms with Crippen LogP contribution in [0.25, 0.3) is 21.9 Å². The summed E-state index contributed by atoms with van der Waals surface area (Å²) in [7, 11) is 1.46. The molecule has 5 rings (SSSR count). The van der Waals surface area contributed by atoms with E-state index in [1.165, 1.54) is 13.4 Å². The molecule has 0 spiro atoms. The van der Waals surface area contributed by atoms with Crippen molar-refractivity contribution in [1.29, 1.82) is 0 Å². The number of ether oxygens (including phenoxy) is 2. The van der Waals surface area contributed by atoms with Crippen LogP contribution in [0, 0.1) is 0 Å². The fourth-order valence-electron chi connectivity index (χ4n) is 4.06. The van der Waals surface area contributed by atoms with E-state index in [0.717, 1.165) is 0 Å². The Morgan fingerprint density at radius 2 is 2.00 bits per heavy atom. The molecule has 2 amide bonds. The molecular formula is C24H21N3O6. The van der Waals surface area contributed by atoms with E-state index in [2.05, 4.69) is 4.98 Å². The van der Waals surface area contributed by atoms with Crippen LogP contribution in [0.15, 0.2) is 53.3 Å². The van der Waals surface area contributed by atoms with Gasteiger partial charge >= 0.3 is 0 Å². The molecule has 33 heavy (non-hydrogen) atoms. The number of benzene rings is 2. The molecule has 0 aliphatic carbocycles. The van der Waals surface area contributed by atoms with Crippen LogP contribution in [0.5, 0.6) is 17.2 Å². The molecule has 1 aliphatic rings. The van der Waals surface area contributed by atoms with Crippen molar-refractivity contribution in [3.63, 3.8) is 0 Å². The van der Waals surface area contributed by atoms with Gasteiger partial charge in [0.25, 0.3) is 11.8 Å². The van der Waals surface area contributed by atoms with Crippen molar-refractivity contribution >= 4 is 33.7 Å². The first-order valence-corrected chi connectivity index (χ1v) is 10.4. The van der Waals surface area contributed by atoms with Crippen molar-refractivity contribution in [2.45, 2.75) is 12.5 Å². The van der Waals surface area contributed by atoms with Gasteiger partial charge in [0.15, 0.2) is 0 Å². The van der Waals surface area contributed by atoms with Gasteiger partial charge in [0.1, 0.15) is 29.1 Å². The second kappa shape index (κ2) is 8.10. The summed E-state index contributed by atoms with van der Waals surface area (Å²) >= 11 is 0. The van der Waals surface area contributed by atoms with Gasteiger partial charge in [-0.1, -0.05) is 0 Å². The lowest BCUT2D eigenvalue weighted by Crippen LogP contribution is -2.29. The number of amides is 2. The van der Waals surface area contributed by atoms with Gasteiger partial charge in [-0.15, -0.1) is 0 Å². The second-order valence-electron chi connectivity index (χ2n) is 7.85. The van der Waals surface area contributed by atoms with Crippen LogP contribution in [-0.4, -0.2) is 53.1 Å². The van der Waals surface area contributed by atoms with Gasteiger partial charge in [0, 0.05) is 42.2 Å². The van der Waals surface area contributed by atoms with Crippen LogP contribution >= 0.6 is 0 Å². The normalized spacial score (nSPS) is 15.8. The zero-order chi connectivity index (χ0) is 23.1. The van der Waals surface area contributed by atoms with Crippen molar-refractivity contribution < 1.29 is 28.6 Å². The molecule has 2 aromatic heterocycles. The van der Waals surface area contributed by atoms with Gasteiger partial charge < -0.3 is 29.6 Å². The van der Waals surface area contributed by atoms with Crippen LogP contribution < -0.4 is 15.2 Å². The maximum atomic E-state index is 12.8. The highest BCUT2D eigenvalue weighted by Crippen LogP contribution is 2.35. The highest BCUT2D eigenvalue weighted by molar-refractivity contribution is 6.06. The number of β-amino-alcohol motifs (C(OH)–C–C–N with tert-alkyl or cyclic N) is 1. The molecule has 1 atom stereocenters. The minimum atomic E-state index is -0.622. The number of likely N-dealkylation sites (tertiary alicyclic amines) is 1. The van der Waals surface area contributed by atoms with Crippen LogP contribution in [0.1, 0.15) is 27.1 Å². The number of aliphatic hydroxyl groups is 1. The van der Waals surface area contributed by atoms with Gasteiger partial charge in [-0.05, 0) is 30.7 Å². The number of nitrogens with zero attached hydrogens (tertiary/aromatic N) is 2. The number of hydrogen-bond donors (Lipinski definition) is 2. The number of methoxy groups -OCH3 is 1. The Kier molecular flexibility index (Phi) is 5.10. The van der Waals surface area contributed by atoms with Crippen molar-refractivity contribution in [2.24, 2.45) is 5.73 Å². The van der Waals surface area contributed by atoms with E-state index in [1.54, 1.807) is 47.5 Å². The summed E-state index contributed by atoms with van der Waals surface area (Å²) in [5.74, 6) is 0.490. The first-order chi connectivity index (χ1) is 15.9. The molecule has 9 heteroatoms. The minimum Gasteiger partial charge on any atom is -0.496 e. The van der Waals surface area contributed by atoms with Gasteiger partial charge in [0.05, 0.1) is 29.9 Å². The molecule has 1 unspecified atom stereocenters. The fraction of sp³-hybridized carbons (Fsp3) is 0.208. The zero-order valence-electron chi connectivity index (χ0n) is 17.8. The van der Waals surface area contributed by atoms with E-state index in [9.17, 15) is 14.7 Å². The maximum absolute atomic E-state index is 12.8. The maximum Gasteiger partial charge on any atom is 0.257 e. The van der Waals surface area contributed by atoms with E-state index in [-0.39, 0.29) is 11.5 Å². The zero-order valence-corrected chi connectivity index (χ0v) is 17.8. The number of aliphatic hydroxyl groups excluding tert-OH is 1. The number of hydrogen-bond acceptors (Lipinski definition) is 7. The van der Waals surface area contributed by atoms with Crippen LogP contribution in [-0.2, 0) is 0 Å². The van der Waals surface area contributed by atoms with E-state index in [1.807, 2.05) is 0 Å². The number of fused-ring (bicyclic) bond motifs is 2. The van der Waals surface area contributed by atoms with E-state index in [0.29, 0.717) is 64.2 Å². The number of pyridine rings is 1. The molecule has 3 N–H and O–H groups in total. The minimum absolute atomic E-state index is 0.174. The Labute approximate surface area is 188 Å². The highest BCUT2D eigenvalue weighted by atomic mass is 16.5. The Balaban J connectivity index is 1.48. The smallest absolute Gasteiger partial charge is 0.257 e. The lowest BCUT2D eigenvalue weighted by atomic mass is 10.1. The van der Waals surface area contributed by atoms with Crippen molar-refractivity contribution in [1.82, 2.24) is 9.88 Å². The average Bonchev–Trinajstić information content (AvgIpc) is 3.44. The number of primary amides is 1. The summed E-state index contributed by atoms with van der Waals surface area (Å²) in [5.41, 5.74) is 7.22. The molecule has 1 aliphatic heterocycles. The molecule has 1 saturated heterocycles. The molecular weight excluding hydrogens is 426 g/mol. The van der Waals surface area contributed by atoms with Gasteiger partial charge in [0.2, 0.25) is 0 Å². The molecule has 0 bridgehead atoms. The average molecular weight is 447 g/mol. The van der Waals surface area contributed by atoms with Crippen LogP contribution in [0.2, 0.25) is 0 Å². The summed E-state index contributed by atoms with van der Waals surface area (Å²) < 4.78 is 16.9. The topological polar surface area (TPSA) is 128 Å². The SMILES string of the molecule is COc1cc2nccc(Oc3ccc4c(C(=O)N5CCC(O)C5)coc4c3)c2cc1C(N)=O. The van der Waals surface area contributed by atoms with E-state index in [4.69, 9.17) is 19.6 Å². The van der Waals surface area contributed by atoms with Gasteiger partial charge in [-0.25, -0.2) is 0 Å². The van der Waals surface area contributed by atoms with Gasteiger partial charge in [-0.3, -0.25) is 14.6 Å². The van der Waals surface area contributed by atoms with E-state index >= 15 is 0 Å². The third-order valence-corrected chi connectivity index (χ3v) is 5.74. The number of nitrogens with two attached hydrogens (primary N) is 1. The number of aromatic nitrogens is 1. The molecule has 9 nitrogen and oxygen atoms in total. The Morgan fingerprint density at radius 3 is 2.73 bits per heavy atom. The van der Waals surface area contributed by atoms with Gasteiger partial charge in [-0.2, -0.15) is 0 Å². The van der Waals surface area contributed by atoms with Crippen molar-refractivity contribution in [3.05, 3.63) is 60.0 Å². The number of carbonyl (C=O) groups is 2. The Hall–Kier alpha value is -4.11. The number of furan rings is 1. The predicted molar refractivity (Wildman–Crippen MR) is 120 cm³/mol. The van der Waals surface area contributed by atoms with Crippen molar-refractivity contribution in [3.8, 4) is 17.2 Å². The summed E-state index contributed by atoms with van der Waals surface area (Å²) in [4.78, 5) is 30.6. The third kappa shape index (κ3) is 3.72. The van der Waals surface area contributed by atoms with Crippen LogP contribution in [0.3, 0.4) is 0 Å². The number of carbonyl (C=O) groups excluding carboxylic acids is 2.